The van der Waals surface area contributed by atoms with Crippen LogP contribution >= 0.6 is 0 Å². The highest BCUT2D eigenvalue weighted by Crippen LogP contribution is 2.28. The van der Waals surface area contributed by atoms with E-state index in [1.807, 2.05) is 36.4 Å². The van der Waals surface area contributed by atoms with Crippen LogP contribution in [-0.4, -0.2) is 41.0 Å². The van der Waals surface area contributed by atoms with E-state index in [0.717, 1.165) is 53.8 Å². The van der Waals surface area contributed by atoms with Gasteiger partial charge in [-0.3, -0.25) is 0 Å². The molecule has 0 aliphatic carbocycles. The van der Waals surface area contributed by atoms with Crippen LogP contribution in [0.4, 0.5) is 0 Å². The first-order valence-electron chi connectivity index (χ1n) is 8.97. The van der Waals surface area contributed by atoms with Gasteiger partial charge < -0.3 is 29.6 Å². The van der Waals surface area contributed by atoms with Gasteiger partial charge in [-0.15, -0.1) is 0 Å². The largest absolute Gasteiger partial charge is 0.493 e. The topological polar surface area (TPSA) is 61.0 Å². The fraction of sp³-hybridized carbons (Fsp3) is 0.429. The van der Waals surface area contributed by atoms with Crippen molar-refractivity contribution < 1.29 is 18.9 Å². The molecule has 0 bridgehead atoms. The molecule has 2 aromatic carbocycles. The number of hydrogen-bond donors (Lipinski definition) is 2. The zero-order chi connectivity index (χ0) is 19.6. The third-order valence-corrected chi connectivity index (χ3v) is 4.33. The zero-order valence-electron chi connectivity index (χ0n) is 16.8. The second-order valence-electron chi connectivity index (χ2n) is 6.29. The molecule has 0 saturated heterocycles. The molecule has 27 heavy (non-hydrogen) atoms. The van der Waals surface area contributed by atoms with E-state index < -0.39 is 0 Å². The molecule has 0 aromatic heterocycles. The van der Waals surface area contributed by atoms with Crippen LogP contribution < -0.4 is 29.6 Å². The maximum atomic E-state index is 5.35. The van der Waals surface area contributed by atoms with Crippen molar-refractivity contribution >= 4 is 0 Å². The number of hydrogen-bond acceptors (Lipinski definition) is 6. The van der Waals surface area contributed by atoms with Gasteiger partial charge in [-0.2, -0.15) is 0 Å². The average molecular weight is 374 g/mol. The molecule has 0 saturated carbocycles. The smallest absolute Gasteiger partial charge is 0.161 e. The molecule has 148 valence electrons. The summed E-state index contributed by atoms with van der Waals surface area (Å²) in [6, 6.07) is 12.2. The van der Waals surface area contributed by atoms with Crippen molar-refractivity contribution in [1.82, 2.24) is 10.6 Å². The quantitative estimate of drug-likeness (QED) is 0.631. The standard InChI is InChI=1S/C21H30N2O4/c1-15(23-14-17-7-9-19(25-3)21(11-17)27-5)12-22-13-16-6-8-18(24-2)20(10-16)26-4/h6-11,15,22-23H,12-14H2,1-5H3/t15-/m1/s1. The first-order chi connectivity index (χ1) is 13.1. The second kappa shape index (κ2) is 10.6. The molecule has 0 heterocycles. The predicted octanol–water partition coefficient (Wildman–Crippen LogP) is 2.99. The summed E-state index contributed by atoms with van der Waals surface area (Å²) in [6.07, 6.45) is 0. The average Bonchev–Trinajstić information content (AvgIpc) is 2.71. The fourth-order valence-electron chi connectivity index (χ4n) is 2.78. The minimum absolute atomic E-state index is 0.318. The summed E-state index contributed by atoms with van der Waals surface area (Å²) in [6.45, 7) is 4.53. The number of benzene rings is 2. The van der Waals surface area contributed by atoms with E-state index in [2.05, 4.69) is 17.6 Å². The summed E-state index contributed by atoms with van der Waals surface area (Å²) in [5, 5.41) is 6.97. The molecule has 0 spiro atoms. The van der Waals surface area contributed by atoms with Gasteiger partial charge in [-0.1, -0.05) is 12.1 Å². The Bertz CT molecular complexity index is 721. The van der Waals surface area contributed by atoms with Crippen molar-refractivity contribution in [1.29, 1.82) is 0 Å². The molecule has 6 heteroatoms. The minimum atomic E-state index is 0.318. The molecule has 6 nitrogen and oxygen atoms in total. The van der Waals surface area contributed by atoms with Gasteiger partial charge in [0, 0.05) is 25.7 Å². The van der Waals surface area contributed by atoms with Gasteiger partial charge in [0.15, 0.2) is 23.0 Å². The monoisotopic (exact) mass is 374 g/mol. The van der Waals surface area contributed by atoms with Crippen LogP contribution in [0.5, 0.6) is 23.0 Å². The molecule has 2 N–H and O–H groups in total. The maximum absolute atomic E-state index is 5.35. The summed E-state index contributed by atoms with van der Waals surface area (Å²) in [7, 11) is 6.58. The highest BCUT2D eigenvalue weighted by atomic mass is 16.5. The van der Waals surface area contributed by atoms with Crippen LogP contribution in [0.3, 0.4) is 0 Å². The van der Waals surface area contributed by atoms with E-state index in [-0.39, 0.29) is 0 Å². The summed E-state index contributed by atoms with van der Waals surface area (Å²) < 4.78 is 21.2. The van der Waals surface area contributed by atoms with Crippen LogP contribution in [0.25, 0.3) is 0 Å². The lowest BCUT2D eigenvalue weighted by Gasteiger charge is -2.16. The highest BCUT2D eigenvalue weighted by Gasteiger charge is 2.07. The lowest BCUT2D eigenvalue weighted by Crippen LogP contribution is -2.35. The lowest BCUT2D eigenvalue weighted by atomic mass is 10.1. The summed E-state index contributed by atoms with van der Waals surface area (Å²) in [4.78, 5) is 0. The summed E-state index contributed by atoms with van der Waals surface area (Å²) >= 11 is 0. The van der Waals surface area contributed by atoms with Crippen molar-refractivity contribution in [3.63, 3.8) is 0 Å². The first-order valence-corrected chi connectivity index (χ1v) is 8.97. The van der Waals surface area contributed by atoms with Crippen molar-refractivity contribution in [2.45, 2.75) is 26.1 Å². The lowest BCUT2D eigenvalue weighted by molar-refractivity contribution is 0.354. The Kier molecular flexibility index (Phi) is 8.23. The van der Waals surface area contributed by atoms with Crippen LogP contribution in [0.2, 0.25) is 0 Å². The number of rotatable bonds is 11. The molecule has 0 aliphatic rings. The molecule has 0 unspecified atom stereocenters. The summed E-state index contributed by atoms with van der Waals surface area (Å²) in [5.74, 6) is 2.98. The Balaban J connectivity index is 1.79. The van der Waals surface area contributed by atoms with Crippen molar-refractivity contribution in [2.24, 2.45) is 0 Å². The molecule has 2 aromatic rings. The van der Waals surface area contributed by atoms with Crippen LogP contribution in [-0.2, 0) is 13.1 Å². The molecular formula is C21H30N2O4. The second-order valence-corrected chi connectivity index (χ2v) is 6.29. The Hall–Kier alpha value is -2.44. The SMILES string of the molecule is COc1ccc(CNC[C@@H](C)NCc2ccc(OC)c(OC)c2)cc1OC. The van der Waals surface area contributed by atoms with Gasteiger partial charge in [0.25, 0.3) is 0 Å². The molecule has 1 atom stereocenters. The van der Waals surface area contributed by atoms with Crippen LogP contribution in [0.15, 0.2) is 36.4 Å². The molecule has 0 amide bonds. The minimum Gasteiger partial charge on any atom is -0.493 e. The summed E-state index contributed by atoms with van der Waals surface area (Å²) in [5.41, 5.74) is 2.30. The van der Waals surface area contributed by atoms with E-state index in [0.29, 0.717) is 6.04 Å². The third-order valence-electron chi connectivity index (χ3n) is 4.33. The van der Waals surface area contributed by atoms with Gasteiger partial charge in [0.1, 0.15) is 0 Å². The third kappa shape index (κ3) is 6.05. The van der Waals surface area contributed by atoms with Crippen molar-refractivity contribution in [3.05, 3.63) is 47.5 Å². The van der Waals surface area contributed by atoms with E-state index in [9.17, 15) is 0 Å². The van der Waals surface area contributed by atoms with E-state index in [1.165, 1.54) is 0 Å². The Morgan fingerprint density at radius 2 is 1.19 bits per heavy atom. The van der Waals surface area contributed by atoms with Crippen LogP contribution in [0, 0.1) is 0 Å². The number of nitrogens with one attached hydrogen (secondary N) is 2. The Morgan fingerprint density at radius 3 is 1.67 bits per heavy atom. The van der Waals surface area contributed by atoms with E-state index in [1.54, 1.807) is 28.4 Å². The van der Waals surface area contributed by atoms with Crippen LogP contribution in [0.1, 0.15) is 18.1 Å². The van der Waals surface area contributed by atoms with Gasteiger partial charge in [-0.05, 0) is 42.3 Å². The Morgan fingerprint density at radius 1 is 0.704 bits per heavy atom. The molecule has 0 fully saturated rings. The van der Waals surface area contributed by atoms with Gasteiger partial charge in [-0.25, -0.2) is 0 Å². The Labute approximate surface area is 161 Å². The maximum Gasteiger partial charge on any atom is 0.161 e. The molecule has 0 aliphatic heterocycles. The normalized spacial score (nSPS) is 11.7. The van der Waals surface area contributed by atoms with Gasteiger partial charge in [0.2, 0.25) is 0 Å². The van der Waals surface area contributed by atoms with Crippen molar-refractivity contribution in [2.75, 3.05) is 35.0 Å². The first kappa shape index (κ1) is 20.9. The number of methoxy groups -OCH3 is 4. The van der Waals surface area contributed by atoms with E-state index >= 15 is 0 Å². The van der Waals surface area contributed by atoms with Crippen molar-refractivity contribution in [3.8, 4) is 23.0 Å². The molecule has 0 radical (unpaired) electrons. The molecule has 2 rings (SSSR count). The van der Waals surface area contributed by atoms with E-state index in [4.69, 9.17) is 18.9 Å². The van der Waals surface area contributed by atoms with Gasteiger partial charge >= 0.3 is 0 Å². The number of ether oxygens (including phenoxy) is 4. The molecular weight excluding hydrogens is 344 g/mol. The predicted molar refractivity (Wildman–Crippen MR) is 107 cm³/mol. The van der Waals surface area contributed by atoms with Gasteiger partial charge in [0.05, 0.1) is 28.4 Å². The highest BCUT2D eigenvalue weighted by molar-refractivity contribution is 5.43. The fourth-order valence-corrected chi connectivity index (χ4v) is 2.78. The zero-order valence-corrected chi connectivity index (χ0v) is 16.8.